The van der Waals surface area contributed by atoms with Crippen LogP contribution in [-0.2, 0) is 13.1 Å². The van der Waals surface area contributed by atoms with Crippen molar-refractivity contribution in [3.63, 3.8) is 0 Å². The quantitative estimate of drug-likeness (QED) is 0.620. The van der Waals surface area contributed by atoms with E-state index in [-0.39, 0.29) is 5.78 Å². The number of thiophene rings is 1. The molecule has 0 spiro atoms. The van der Waals surface area contributed by atoms with Crippen molar-refractivity contribution in [1.82, 2.24) is 9.88 Å². The summed E-state index contributed by atoms with van der Waals surface area (Å²) in [4.78, 5) is 20.2. The van der Waals surface area contributed by atoms with Gasteiger partial charge < -0.3 is 9.47 Å². The van der Waals surface area contributed by atoms with E-state index in [9.17, 15) is 4.79 Å². The van der Waals surface area contributed by atoms with Crippen molar-refractivity contribution in [2.45, 2.75) is 20.0 Å². The van der Waals surface area contributed by atoms with E-state index >= 15 is 0 Å². The molecular weight excluding hydrogens is 372 g/mol. The van der Waals surface area contributed by atoms with E-state index in [1.165, 1.54) is 0 Å². The second-order valence-electron chi connectivity index (χ2n) is 6.94. The van der Waals surface area contributed by atoms with E-state index < -0.39 is 0 Å². The van der Waals surface area contributed by atoms with Gasteiger partial charge in [-0.2, -0.15) is 0 Å². The lowest BCUT2D eigenvalue weighted by molar-refractivity contribution is 0.0876. The number of carbonyl (C=O) groups excluding carboxylic acids is 1. The van der Waals surface area contributed by atoms with Crippen LogP contribution in [0.3, 0.4) is 0 Å². The molecule has 2 aromatic heterocycles. The summed E-state index contributed by atoms with van der Waals surface area (Å²) in [5.41, 5.74) is 3.65. The molecule has 5 rings (SSSR count). The summed E-state index contributed by atoms with van der Waals surface area (Å²) in [6, 6.07) is 9.83. The molecule has 0 unspecified atom stereocenters. The number of rotatable bonds is 3. The molecule has 0 radical (unpaired) electrons. The third-order valence-corrected chi connectivity index (χ3v) is 5.77. The second kappa shape index (κ2) is 6.89. The van der Waals surface area contributed by atoms with E-state index in [1.54, 1.807) is 23.6 Å². The number of hydrogen-bond acceptors (Lipinski definition) is 6. The first-order valence-electron chi connectivity index (χ1n) is 9.07. The van der Waals surface area contributed by atoms with E-state index in [0.29, 0.717) is 23.8 Å². The molecule has 0 saturated heterocycles. The second-order valence-corrected chi connectivity index (χ2v) is 7.92. The van der Waals surface area contributed by atoms with Gasteiger partial charge >= 0.3 is 0 Å². The fraction of sp³-hybridized carbons (Fsp3) is 0.182. The highest BCUT2D eigenvalue weighted by atomic mass is 32.1. The largest absolute Gasteiger partial charge is 0.477 e. The monoisotopic (exact) mass is 390 g/mol. The van der Waals surface area contributed by atoms with Crippen LogP contribution in [0.15, 0.2) is 53.9 Å². The fourth-order valence-corrected chi connectivity index (χ4v) is 4.30. The van der Waals surface area contributed by atoms with Gasteiger partial charge in [0, 0.05) is 47.6 Å². The topological polar surface area (TPSA) is 51.7 Å². The predicted molar refractivity (Wildman–Crippen MR) is 107 cm³/mol. The number of benzene rings is 1. The first-order chi connectivity index (χ1) is 13.7. The van der Waals surface area contributed by atoms with Gasteiger partial charge in [-0.05, 0) is 36.1 Å². The summed E-state index contributed by atoms with van der Waals surface area (Å²) in [6.07, 6.45) is 5.44. The highest BCUT2D eigenvalue weighted by molar-refractivity contribution is 7.10. The molecule has 6 heteroatoms. The number of nitrogens with zero attached hydrogens (tertiary/aromatic N) is 2. The maximum atomic E-state index is 12.9. The zero-order valence-corrected chi connectivity index (χ0v) is 16.2. The van der Waals surface area contributed by atoms with Crippen molar-refractivity contribution in [1.29, 1.82) is 0 Å². The number of fused-ring (bicyclic) bond motifs is 2. The molecule has 0 atom stereocenters. The predicted octanol–water partition coefficient (Wildman–Crippen LogP) is 4.42. The Balaban J connectivity index is 1.44. The van der Waals surface area contributed by atoms with Gasteiger partial charge in [-0.3, -0.25) is 14.7 Å². The number of Topliss-reactive ketones (excluding diaryl/α,β-unsaturated/α-hetero) is 1. The molecule has 0 N–H and O–H groups in total. The molecule has 4 heterocycles. The standard InChI is InChI=1S/C22H18N2O3S/c1-14-21-16(12-24(13-26-21)11-15-4-2-6-23-10-15)8-18-20(25)19(27-22(14)18)9-17-5-3-7-28-17/h2-10H,11-13H2,1H3/b19-9-. The van der Waals surface area contributed by atoms with Gasteiger partial charge in [-0.25, -0.2) is 0 Å². The zero-order valence-electron chi connectivity index (χ0n) is 15.3. The Morgan fingerprint density at radius 3 is 3.00 bits per heavy atom. The minimum Gasteiger partial charge on any atom is -0.477 e. The number of ether oxygens (including phenoxy) is 2. The van der Waals surface area contributed by atoms with Crippen molar-refractivity contribution in [3.8, 4) is 11.5 Å². The summed E-state index contributed by atoms with van der Waals surface area (Å²) in [7, 11) is 0. The number of ketones is 1. The Morgan fingerprint density at radius 1 is 1.29 bits per heavy atom. The number of hydrogen-bond donors (Lipinski definition) is 0. The molecule has 0 amide bonds. The Hall–Kier alpha value is -2.96. The number of aromatic nitrogens is 1. The number of carbonyl (C=O) groups is 1. The Bertz CT molecular complexity index is 1070. The van der Waals surface area contributed by atoms with E-state index in [2.05, 4.69) is 16.0 Å². The molecule has 0 fully saturated rings. The first kappa shape index (κ1) is 17.2. The van der Waals surface area contributed by atoms with Crippen LogP contribution >= 0.6 is 11.3 Å². The molecule has 28 heavy (non-hydrogen) atoms. The summed E-state index contributed by atoms with van der Waals surface area (Å²) < 4.78 is 12.0. The van der Waals surface area contributed by atoms with Crippen molar-refractivity contribution < 1.29 is 14.3 Å². The van der Waals surface area contributed by atoms with Crippen LogP contribution in [0, 0.1) is 6.92 Å². The zero-order chi connectivity index (χ0) is 19.1. The molecule has 3 aromatic rings. The third kappa shape index (κ3) is 3.00. The van der Waals surface area contributed by atoms with E-state index in [1.807, 2.05) is 42.8 Å². The molecule has 0 bridgehead atoms. The smallest absolute Gasteiger partial charge is 0.232 e. The van der Waals surface area contributed by atoms with Crippen molar-refractivity contribution in [3.05, 3.63) is 81.0 Å². The number of pyridine rings is 1. The average Bonchev–Trinajstić information content (AvgIpc) is 3.32. The Kier molecular flexibility index (Phi) is 4.22. The van der Waals surface area contributed by atoms with E-state index in [0.717, 1.165) is 40.4 Å². The summed E-state index contributed by atoms with van der Waals surface area (Å²) in [5.74, 6) is 1.74. The minimum absolute atomic E-state index is 0.0707. The summed E-state index contributed by atoms with van der Waals surface area (Å²) >= 11 is 1.58. The van der Waals surface area contributed by atoms with Gasteiger partial charge in [0.15, 0.2) is 5.76 Å². The van der Waals surface area contributed by atoms with Crippen LogP contribution in [0.5, 0.6) is 11.5 Å². The normalized spacial score (nSPS) is 17.2. The molecule has 2 aliphatic heterocycles. The van der Waals surface area contributed by atoms with Crippen molar-refractivity contribution >= 4 is 23.2 Å². The molecule has 1 aromatic carbocycles. The van der Waals surface area contributed by atoms with Crippen LogP contribution < -0.4 is 9.47 Å². The van der Waals surface area contributed by atoms with Gasteiger partial charge in [0.2, 0.25) is 5.78 Å². The number of allylic oxidation sites excluding steroid dienone is 1. The van der Waals surface area contributed by atoms with Crippen LogP contribution in [0.4, 0.5) is 0 Å². The maximum Gasteiger partial charge on any atom is 0.232 e. The van der Waals surface area contributed by atoms with Crippen LogP contribution in [0.2, 0.25) is 0 Å². The summed E-state index contributed by atoms with van der Waals surface area (Å²) in [5, 5.41) is 1.98. The summed E-state index contributed by atoms with van der Waals surface area (Å²) in [6.45, 7) is 3.91. The first-order valence-corrected chi connectivity index (χ1v) is 9.95. The lowest BCUT2D eigenvalue weighted by Crippen LogP contribution is -2.32. The highest BCUT2D eigenvalue weighted by Gasteiger charge is 2.33. The van der Waals surface area contributed by atoms with Gasteiger partial charge in [0.05, 0.1) is 5.56 Å². The van der Waals surface area contributed by atoms with Crippen molar-refractivity contribution in [2.24, 2.45) is 0 Å². The Morgan fingerprint density at radius 2 is 2.21 bits per heavy atom. The van der Waals surface area contributed by atoms with E-state index in [4.69, 9.17) is 9.47 Å². The molecule has 0 aliphatic carbocycles. The lowest BCUT2D eigenvalue weighted by atomic mass is 10.00. The van der Waals surface area contributed by atoms with Gasteiger partial charge in [-0.15, -0.1) is 11.3 Å². The SMILES string of the molecule is Cc1c2c(cc3c1O/C(=C\c1cccs1)C3=O)CN(Cc1cccnc1)CO2. The van der Waals surface area contributed by atoms with Crippen molar-refractivity contribution in [2.75, 3.05) is 6.73 Å². The minimum atomic E-state index is -0.0707. The molecular formula is C22H18N2O3S. The molecule has 140 valence electrons. The van der Waals surface area contributed by atoms with Gasteiger partial charge in [0.25, 0.3) is 0 Å². The molecule has 5 nitrogen and oxygen atoms in total. The maximum absolute atomic E-state index is 12.9. The average molecular weight is 390 g/mol. The van der Waals surface area contributed by atoms with Gasteiger partial charge in [0.1, 0.15) is 18.2 Å². The lowest BCUT2D eigenvalue weighted by Gasteiger charge is -2.30. The fourth-order valence-electron chi connectivity index (χ4n) is 3.65. The third-order valence-electron chi connectivity index (χ3n) is 4.95. The Labute approximate surface area is 166 Å². The van der Waals surface area contributed by atoms with Crippen LogP contribution in [-0.4, -0.2) is 22.4 Å². The highest BCUT2D eigenvalue weighted by Crippen LogP contribution is 2.43. The van der Waals surface area contributed by atoms with Crippen LogP contribution in [0.1, 0.15) is 31.9 Å². The van der Waals surface area contributed by atoms with Gasteiger partial charge in [-0.1, -0.05) is 12.1 Å². The molecule has 2 aliphatic rings. The molecule has 0 saturated carbocycles. The van der Waals surface area contributed by atoms with Crippen LogP contribution in [0.25, 0.3) is 6.08 Å².